The van der Waals surface area contributed by atoms with Crippen molar-refractivity contribution in [1.29, 1.82) is 0 Å². The van der Waals surface area contributed by atoms with E-state index in [2.05, 4.69) is 10.5 Å². The minimum Gasteiger partial charge on any atom is -0.490 e. The first-order chi connectivity index (χ1) is 14.2. The van der Waals surface area contributed by atoms with Crippen LogP contribution in [0, 0.1) is 0 Å². The maximum Gasteiger partial charge on any atom is 0.244 e. The van der Waals surface area contributed by atoms with Crippen molar-refractivity contribution in [2.75, 3.05) is 6.61 Å². The molecule has 0 aliphatic carbocycles. The van der Waals surface area contributed by atoms with Gasteiger partial charge in [-0.3, -0.25) is 4.79 Å². The van der Waals surface area contributed by atoms with Gasteiger partial charge in [-0.15, -0.1) is 0 Å². The number of nitrogens with one attached hydrogen (secondary N) is 1. The van der Waals surface area contributed by atoms with Gasteiger partial charge in [-0.1, -0.05) is 60.7 Å². The first-order valence-corrected chi connectivity index (χ1v) is 9.54. The van der Waals surface area contributed by atoms with Crippen LogP contribution in [-0.2, 0) is 17.8 Å². The number of ether oxygens (including phenoxy) is 2. The summed E-state index contributed by atoms with van der Waals surface area (Å²) in [7, 11) is 0. The molecular formula is C24H24N2O3. The molecule has 0 radical (unpaired) electrons. The first-order valence-electron chi connectivity index (χ1n) is 9.54. The van der Waals surface area contributed by atoms with E-state index in [1.54, 1.807) is 6.21 Å². The Balaban J connectivity index is 1.59. The van der Waals surface area contributed by atoms with Gasteiger partial charge in [0.25, 0.3) is 0 Å². The lowest BCUT2D eigenvalue weighted by atomic mass is 10.1. The molecule has 5 heteroatoms. The highest BCUT2D eigenvalue weighted by Crippen LogP contribution is 2.28. The number of carbonyl (C=O) groups is 1. The van der Waals surface area contributed by atoms with Gasteiger partial charge in [-0.25, -0.2) is 5.43 Å². The lowest BCUT2D eigenvalue weighted by Crippen LogP contribution is -2.19. The summed E-state index contributed by atoms with van der Waals surface area (Å²) >= 11 is 0. The van der Waals surface area contributed by atoms with Crippen molar-refractivity contribution in [3.63, 3.8) is 0 Å². The molecule has 0 saturated heterocycles. The van der Waals surface area contributed by atoms with E-state index in [1.807, 2.05) is 85.8 Å². The number of amides is 1. The summed E-state index contributed by atoms with van der Waals surface area (Å²) in [5, 5.41) is 4.04. The van der Waals surface area contributed by atoms with Gasteiger partial charge in [-0.05, 0) is 41.8 Å². The predicted octanol–water partition coefficient (Wildman–Crippen LogP) is 4.36. The number of carbonyl (C=O) groups excluding carboxylic acids is 1. The second-order valence-corrected chi connectivity index (χ2v) is 6.37. The van der Waals surface area contributed by atoms with Crippen molar-refractivity contribution in [1.82, 2.24) is 5.43 Å². The zero-order valence-electron chi connectivity index (χ0n) is 16.4. The monoisotopic (exact) mass is 388 g/mol. The number of rotatable bonds is 9. The minimum absolute atomic E-state index is 0.166. The molecule has 0 aliphatic heterocycles. The van der Waals surface area contributed by atoms with E-state index in [0.717, 1.165) is 16.7 Å². The van der Waals surface area contributed by atoms with Crippen LogP contribution in [0.4, 0.5) is 0 Å². The third-order valence-electron chi connectivity index (χ3n) is 4.12. The van der Waals surface area contributed by atoms with Gasteiger partial charge in [0, 0.05) is 0 Å². The van der Waals surface area contributed by atoms with Gasteiger partial charge in [0.15, 0.2) is 11.5 Å². The first kappa shape index (κ1) is 20.1. The normalized spacial score (nSPS) is 10.7. The molecule has 0 saturated carbocycles. The fourth-order valence-electron chi connectivity index (χ4n) is 2.73. The topological polar surface area (TPSA) is 59.9 Å². The molecule has 5 nitrogen and oxygen atoms in total. The van der Waals surface area contributed by atoms with E-state index >= 15 is 0 Å². The second-order valence-electron chi connectivity index (χ2n) is 6.37. The maximum atomic E-state index is 12.0. The fraction of sp³-hybridized carbons (Fsp3) is 0.167. The third-order valence-corrected chi connectivity index (χ3v) is 4.12. The Bertz CT molecular complexity index is 941. The summed E-state index contributed by atoms with van der Waals surface area (Å²) < 4.78 is 11.6. The van der Waals surface area contributed by atoms with Crippen LogP contribution in [0.5, 0.6) is 11.5 Å². The van der Waals surface area contributed by atoms with E-state index in [9.17, 15) is 4.79 Å². The van der Waals surface area contributed by atoms with E-state index in [0.29, 0.717) is 24.7 Å². The Labute approximate surface area is 171 Å². The molecule has 1 amide bonds. The number of nitrogens with zero attached hydrogens (tertiary/aromatic N) is 1. The fourth-order valence-corrected chi connectivity index (χ4v) is 2.73. The van der Waals surface area contributed by atoms with Gasteiger partial charge in [0.2, 0.25) is 5.91 Å². The van der Waals surface area contributed by atoms with Gasteiger partial charge in [-0.2, -0.15) is 5.10 Å². The Hall–Kier alpha value is -3.60. The van der Waals surface area contributed by atoms with Crippen LogP contribution in [-0.4, -0.2) is 18.7 Å². The van der Waals surface area contributed by atoms with E-state index < -0.39 is 0 Å². The molecule has 1 N–H and O–H groups in total. The van der Waals surface area contributed by atoms with Crippen LogP contribution in [0.15, 0.2) is 84.0 Å². The second kappa shape index (κ2) is 10.7. The molecule has 0 aromatic heterocycles. The van der Waals surface area contributed by atoms with Crippen LogP contribution in [0.1, 0.15) is 23.6 Å². The van der Waals surface area contributed by atoms with E-state index in [4.69, 9.17) is 9.47 Å². The molecule has 3 rings (SSSR count). The molecule has 0 aliphatic rings. The molecule has 0 heterocycles. The average molecular weight is 388 g/mol. The lowest BCUT2D eigenvalue weighted by molar-refractivity contribution is -0.120. The minimum atomic E-state index is -0.166. The quantitative estimate of drug-likeness (QED) is 0.438. The Morgan fingerprint density at radius 1 is 0.897 bits per heavy atom. The third kappa shape index (κ3) is 6.50. The van der Waals surface area contributed by atoms with Crippen LogP contribution >= 0.6 is 0 Å². The maximum absolute atomic E-state index is 12.0. The average Bonchev–Trinajstić information content (AvgIpc) is 2.75. The Kier molecular flexibility index (Phi) is 7.41. The molecule has 0 atom stereocenters. The number of benzene rings is 3. The van der Waals surface area contributed by atoms with Crippen LogP contribution in [0.3, 0.4) is 0 Å². The Morgan fingerprint density at radius 3 is 2.28 bits per heavy atom. The van der Waals surface area contributed by atoms with Crippen molar-refractivity contribution in [2.24, 2.45) is 5.10 Å². The van der Waals surface area contributed by atoms with Crippen LogP contribution in [0.25, 0.3) is 0 Å². The molecule has 148 valence electrons. The smallest absolute Gasteiger partial charge is 0.244 e. The summed E-state index contributed by atoms with van der Waals surface area (Å²) in [4.78, 5) is 12.0. The van der Waals surface area contributed by atoms with Gasteiger partial charge in [0.1, 0.15) is 6.61 Å². The molecule has 3 aromatic carbocycles. The van der Waals surface area contributed by atoms with Crippen molar-refractivity contribution < 1.29 is 14.3 Å². The highest BCUT2D eigenvalue weighted by Gasteiger charge is 2.07. The molecule has 0 spiro atoms. The molecule has 0 unspecified atom stereocenters. The standard InChI is InChI=1S/C24H24N2O3/c1-2-28-23-15-21(13-14-22(23)29-18-20-11-7-4-8-12-20)17-25-26-24(27)16-19-9-5-3-6-10-19/h3-15,17H,2,16,18H2,1H3,(H,26,27)/b25-17+. The van der Waals surface area contributed by atoms with Gasteiger partial charge in [0.05, 0.1) is 19.2 Å². The zero-order valence-corrected chi connectivity index (χ0v) is 16.4. The number of hydrogen-bond donors (Lipinski definition) is 1. The summed E-state index contributed by atoms with van der Waals surface area (Å²) in [5.41, 5.74) is 5.39. The lowest BCUT2D eigenvalue weighted by Gasteiger charge is -2.12. The highest BCUT2D eigenvalue weighted by molar-refractivity contribution is 5.84. The van der Waals surface area contributed by atoms with Gasteiger partial charge < -0.3 is 9.47 Å². The summed E-state index contributed by atoms with van der Waals surface area (Å²) in [6, 6.07) is 25.1. The molecule has 0 fully saturated rings. The predicted molar refractivity (Wildman–Crippen MR) is 114 cm³/mol. The SMILES string of the molecule is CCOc1cc(/C=N/NC(=O)Cc2ccccc2)ccc1OCc1ccccc1. The van der Waals surface area contributed by atoms with Crippen molar-refractivity contribution in [2.45, 2.75) is 20.0 Å². The van der Waals surface area contributed by atoms with Crippen molar-refractivity contribution >= 4 is 12.1 Å². The number of hydrazone groups is 1. The molecule has 3 aromatic rings. The zero-order chi connectivity index (χ0) is 20.3. The van der Waals surface area contributed by atoms with E-state index in [1.165, 1.54) is 0 Å². The van der Waals surface area contributed by atoms with Crippen LogP contribution in [0.2, 0.25) is 0 Å². The summed E-state index contributed by atoms with van der Waals surface area (Å²) in [6.45, 7) is 2.91. The van der Waals surface area contributed by atoms with Gasteiger partial charge >= 0.3 is 0 Å². The highest BCUT2D eigenvalue weighted by atomic mass is 16.5. The summed E-state index contributed by atoms with van der Waals surface area (Å²) in [6.07, 6.45) is 1.88. The largest absolute Gasteiger partial charge is 0.490 e. The molecule has 0 bridgehead atoms. The molecule has 29 heavy (non-hydrogen) atoms. The van der Waals surface area contributed by atoms with Crippen molar-refractivity contribution in [3.05, 3.63) is 95.6 Å². The molecular weight excluding hydrogens is 364 g/mol. The van der Waals surface area contributed by atoms with E-state index in [-0.39, 0.29) is 12.3 Å². The Morgan fingerprint density at radius 2 is 1.59 bits per heavy atom. The van der Waals surface area contributed by atoms with Crippen molar-refractivity contribution in [3.8, 4) is 11.5 Å². The summed E-state index contributed by atoms with van der Waals surface area (Å²) in [5.74, 6) is 1.14. The number of hydrogen-bond acceptors (Lipinski definition) is 4. The van der Waals surface area contributed by atoms with Crippen LogP contribution < -0.4 is 14.9 Å².